The number of aromatic hydroxyl groups is 1. The van der Waals surface area contributed by atoms with E-state index in [2.05, 4.69) is 5.32 Å². The quantitative estimate of drug-likeness (QED) is 0.901. The molecule has 0 bridgehead atoms. The Morgan fingerprint density at radius 3 is 2.73 bits per heavy atom. The number of carbonyl (C=O) groups is 1. The molecule has 1 heterocycles. The summed E-state index contributed by atoms with van der Waals surface area (Å²) in [5, 5.41) is 11.6. The summed E-state index contributed by atoms with van der Waals surface area (Å²) in [5.74, 6) is -1.92. The van der Waals surface area contributed by atoms with Gasteiger partial charge in [0, 0.05) is 6.07 Å². The number of benzene rings is 1. The Morgan fingerprint density at radius 2 is 2.14 bits per heavy atom. The maximum Gasteiger partial charge on any atom is 0.287 e. The van der Waals surface area contributed by atoms with E-state index >= 15 is 0 Å². The molecule has 0 fully saturated rings. The first-order valence-electron chi connectivity index (χ1n) is 6.38. The fourth-order valence-corrected chi connectivity index (χ4v) is 1.83. The molecule has 1 atom stereocenters. The van der Waals surface area contributed by atoms with Crippen molar-refractivity contribution in [3.63, 3.8) is 0 Å². The summed E-state index contributed by atoms with van der Waals surface area (Å²) in [6.07, 6.45) is 0.787. The molecule has 2 rings (SSSR count). The van der Waals surface area contributed by atoms with Gasteiger partial charge in [0.15, 0.2) is 23.1 Å². The molecule has 7 heteroatoms. The average Bonchev–Trinajstić information content (AvgIpc) is 2.49. The second-order valence-electron chi connectivity index (χ2n) is 4.58. The van der Waals surface area contributed by atoms with Crippen LogP contribution in [0.1, 0.15) is 29.1 Å². The first-order valence-corrected chi connectivity index (χ1v) is 6.38. The van der Waals surface area contributed by atoms with Crippen LogP contribution < -0.4 is 15.5 Å². The van der Waals surface area contributed by atoms with Gasteiger partial charge in [-0.05, 0) is 24.6 Å². The predicted molar refractivity (Wildman–Crippen MR) is 75.5 cm³/mol. The van der Waals surface area contributed by atoms with Crippen molar-refractivity contribution in [3.8, 4) is 11.5 Å². The number of halogens is 1. The summed E-state index contributed by atoms with van der Waals surface area (Å²) >= 11 is 0. The maximum atomic E-state index is 13.6. The van der Waals surface area contributed by atoms with Crippen LogP contribution in [0.5, 0.6) is 11.5 Å². The molecule has 116 valence electrons. The Hall–Kier alpha value is -2.83. The smallest absolute Gasteiger partial charge is 0.287 e. The van der Waals surface area contributed by atoms with Crippen molar-refractivity contribution in [2.75, 3.05) is 7.11 Å². The lowest BCUT2D eigenvalue weighted by Crippen LogP contribution is -2.27. The summed E-state index contributed by atoms with van der Waals surface area (Å²) in [4.78, 5) is 23.2. The largest absolute Gasteiger partial charge is 0.502 e. The standard InChI is InChI=1S/C15H14FNO5/c1-8(9-3-4-13(21-2)10(16)5-9)17-15(20)14-6-11(18)12(19)7-22-14/h3-8,19H,1-2H3,(H,17,20)/t8-/m1/s1. The van der Waals surface area contributed by atoms with Crippen molar-refractivity contribution in [1.82, 2.24) is 5.32 Å². The van der Waals surface area contributed by atoms with Crippen LogP contribution in [0.15, 0.2) is 39.7 Å². The average molecular weight is 307 g/mol. The second-order valence-corrected chi connectivity index (χ2v) is 4.58. The lowest BCUT2D eigenvalue weighted by molar-refractivity contribution is 0.0908. The van der Waals surface area contributed by atoms with Crippen molar-refractivity contribution < 1.29 is 23.4 Å². The number of rotatable bonds is 4. The van der Waals surface area contributed by atoms with Gasteiger partial charge < -0.3 is 19.6 Å². The molecule has 1 amide bonds. The molecule has 0 radical (unpaired) electrons. The Balaban J connectivity index is 2.15. The number of amides is 1. The van der Waals surface area contributed by atoms with Crippen LogP contribution in [-0.4, -0.2) is 18.1 Å². The SMILES string of the molecule is COc1ccc([C@@H](C)NC(=O)c2cc(=O)c(O)co2)cc1F. The molecule has 0 aliphatic rings. The highest BCUT2D eigenvalue weighted by atomic mass is 19.1. The zero-order valence-electron chi connectivity index (χ0n) is 11.9. The number of methoxy groups -OCH3 is 1. The van der Waals surface area contributed by atoms with Gasteiger partial charge in [0.25, 0.3) is 5.91 Å². The third kappa shape index (κ3) is 3.25. The van der Waals surface area contributed by atoms with Crippen LogP contribution in [-0.2, 0) is 0 Å². The van der Waals surface area contributed by atoms with E-state index in [0.29, 0.717) is 5.56 Å². The minimum absolute atomic E-state index is 0.104. The number of hydrogen-bond acceptors (Lipinski definition) is 5. The van der Waals surface area contributed by atoms with E-state index < -0.39 is 28.9 Å². The van der Waals surface area contributed by atoms with Crippen molar-refractivity contribution in [2.24, 2.45) is 0 Å². The van der Waals surface area contributed by atoms with Gasteiger partial charge in [-0.25, -0.2) is 4.39 Å². The summed E-state index contributed by atoms with van der Waals surface area (Å²) in [7, 11) is 1.36. The molecular formula is C15H14FNO5. The van der Waals surface area contributed by atoms with Gasteiger partial charge in [-0.1, -0.05) is 6.07 Å². The van der Waals surface area contributed by atoms with Crippen molar-refractivity contribution >= 4 is 5.91 Å². The fraction of sp³-hybridized carbons (Fsp3) is 0.200. The van der Waals surface area contributed by atoms with E-state index in [1.54, 1.807) is 13.0 Å². The second kappa shape index (κ2) is 6.30. The predicted octanol–water partition coefficient (Wildman–Crippen LogP) is 1.98. The minimum atomic E-state index is -0.723. The van der Waals surface area contributed by atoms with Crippen LogP contribution in [0, 0.1) is 5.82 Å². The Kier molecular flexibility index (Phi) is 4.45. The van der Waals surface area contributed by atoms with Crippen molar-refractivity contribution in [1.29, 1.82) is 0 Å². The number of nitrogens with one attached hydrogen (secondary N) is 1. The van der Waals surface area contributed by atoms with Crippen LogP contribution in [0.4, 0.5) is 4.39 Å². The van der Waals surface area contributed by atoms with E-state index in [9.17, 15) is 14.0 Å². The number of hydrogen-bond donors (Lipinski definition) is 2. The van der Waals surface area contributed by atoms with E-state index in [4.69, 9.17) is 14.3 Å². The van der Waals surface area contributed by atoms with Crippen LogP contribution >= 0.6 is 0 Å². The number of ether oxygens (including phenoxy) is 1. The summed E-state index contributed by atoms with van der Waals surface area (Å²) in [6.45, 7) is 1.65. The van der Waals surface area contributed by atoms with Crippen LogP contribution in [0.2, 0.25) is 0 Å². The highest BCUT2D eigenvalue weighted by Gasteiger charge is 2.16. The van der Waals surface area contributed by atoms with E-state index in [1.165, 1.54) is 19.2 Å². The van der Waals surface area contributed by atoms with Gasteiger partial charge in [0.1, 0.15) is 6.26 Å². The first-order chi connectivity index (χ1) is 10.4. The summed E-state index contributed by atoms with van der Waals surface area (Å²) < 4.78 is 23.3. The van der Waals surface area contributed by atoms with E-state index in [1.807, 2.05) is 0 Å². The van der Waals surface area contributed by atoms with Gasteiger partial charge in [-0.3, -0.25) is 9.59 Å². The first kappa shape index (κ1) is 15.6. The Labute approximate surface area is 125 Å². The molecule has 1 aromatic carbocycles. The third-order valence-corrected chi connectivity index (χ3v) is 3.06. The summed E-state index contributed by atoms with van der Waals surface area (Å²) in [5.41, 5.74) is -0.202. The Morgan fingerprint density at radius 1 is 1.41 bits per heavy atom. The van der Waals surface area contributed by atoms with E-state index in [-0.39, 0.29) is 11.5 Å². The van der Waals surface area contributed by atoms with Crippen molar-refractivity contribution in [3.05, 3.63) is 57.9 Å². The molecule has 0 saturated heterocycles. The molecule has 2 aromatic rings. The highest BCUT2D eigenvalue weighted by molar-refractivity contribution is 5.91. The molecule has 2 N–H and O–H groups in total. The topological polar surface area (TPSA) is 88.8 Å². The van der Waals surface area contributed by atoms with Crippen LogP contribution in [0.3, 0.4) is 0 Å². The van der Waals surface area contributed by atoms with Gasteiger partial charge in [-0.15, -0.1) is 0 Å². The van der Waals surface area contributed by atoms with Gasteiger partial charge >= 0.3 is 0 Å². The van der Waals surface area contributed by atoms with Crippen LogP contribution in [0.25, 0.3) is 0 Å². The molecule has 0 spiro atoms. The molecule has 0 unspecified atom stereocenters. The summed E-state index contributed by atoms with van der Waals surface area (Å²) in [6, 6.07) is 4.67. The lowest BCUT2D eigenvalue weighted by atomic mass is 10.1. The zero-order chi connectivity index (χ0) is 16.3. The molecule has 0 aliphatic carbocycles. The lowest BCUT2D eigenvalue weighted by Gasteiger charge is -2.14. The maximum absolute atomic E-state index is 13.6. The molecular weight excluding hydrogens is 293 g/mol. The van der Waals surface area contributed by atoms with Crippen molar-refractivity contribution in [2.45, 2.75) is 13.0 Å². The Bertz CT molecular complexity index is 756. The van der Waals surface area contributed by atoms with Gasteiger partial charge in [0.2, 0.25) is 5.43 Å². The normalized spacial score (nSPS) is 11.8. The fourth-order valence-electron chi connectivity index (χ4n) is 1.83. The monoisotopic (exact) mass is 307 g/mol. The van der Waals surface area contributed by atoms with Gasteiger partial charge in [0.05, 0.1) is 13.2 Å². The third-order valence-electron chi connectivity index (χ3n) is 3.06. The highest BCUT2D eigenvalue weighted by Crippen LogP contribution is 2.22. The minimum Gasteiger partial charge on any atom is -0.502 e. The van der Waals surface area contributed by atoms with E-state index in [0.717, 1.165) is 12.3 Å². The molecule has 0 saturated carbocycles. The molecule has 1 aromatic heterocycles. The number of carbonyl (C=O) groups excluding carboxylic acids is 1. The van der Waals surface area contributed by atoms with Gasteiger partial charge in [-0.2, -0.15) is 0 Å². The zero-order valence-corrected chi connectivity index (χ0v) is 11.9. The molecule has 6 nitrogen and oxygen atoms in total. The molecule has 22 heavy (non-hydrogen) atoms. The molecule has 0 aliphatic heterocycles.